The molecule has 110 valence electrons. The van der Waals surface area contributed by atoms with Gasteiger partial charge in [0.15, 0.2) is 6.10 Å². The van der Waals surface area contributed by atoms with Crippen LogP contribution in [0.15, 0.2) is 40.9 Å². The van der Waals surface area contributed by atoms with Crippen LogP contribution < -0.4 is 5.32 Å². The number of nitrogens with one attached hydrogen (secondary N) is 1. The number of ether oxygens (including phenoxy) is 1. The minimum atomic E-state index is -1.15. The number of carbonyl (C=O) groups is 2. The number of nitrogens with zero attached hydrogens (tertiary/aromatic N) is 1. The molecule has 0 aliphatic rings. The molecule has 2 aromatic rings. The molecule has 1 amide bonds. The Balaban J connectivity index is 2.01. The van der Waals surface area contributed by atoms with Crippen LogP contribution in [0.25, 0.3) is 11.3 Å². The largest absolute Gasteiger partial charge is 0.479 e. The van der Waals surface area contributed by atoms with Crippen LogP contribution in [-0.2, 0) is 9.53 Å². The molecule has 0 bridgehead atoms. The minimum Gasteiger partial charge on any atom is -0.479 e. The summed E-state index contributed by atoms with van der Waals surface area (Å²) in [6.07, 6.45) is -1.11. The van der Waals surface area contributed by atoms with Gasteiger partial charge in [0.1, 0.15) is 5.69 Å². The van der Waals surface area contributed by atoms with Crippen molar-refractivity contribution in [2.24, 2.45) is 0 Å². The van der Waals surface area contributed by atoms with Crippen LogP contribution in [-0.4, -0.2) is 41.9 Å². The number of methoxy groups -OCH3 is 1. The molecule has 0 spiro atoms. The van der Waals surface area contributed by atoms with E-state index in [1.54, 1.807) is 0 Å². The lowest BCUT2D eigenvalue weighted by atomic mass is 10.1. The fraction of sp³-hybridized carbons (Fsp3) is 0.214. The number of hydrogen-bond donors (Lipinski definition) is 2. The Kier molecular flexibility index (Phi) is 4.68. The fourth-order valence-electron chi connectivity index (χ4n) is 1.67. The van der Waals surface area contributed by atoms with Crippen LogP contribution in [0.2, 0.25) is 0 Å². The highest BCUT2D eigenvalue weighted by Crippen LogP contribution is 2.18. The summed E-state index contributed by atoms with van der Waals surface area (Å²) in [4.78, 5) is 22.6. The van der Waals surface area contributed by atoms with Gasteiger partial charge in [0.25, 0.3) is 5.91 Å². The van der Waals surface area contributed by atoms with Crippen molar-refractivity contribution in [1.29, 1.82) is 0 Å². The number of rotatable bonds is 6. The van der Waals surface area contributed by atoms with Gasteiger partial charge in [0.2, 0.25) is 5.76 Å². The number of aromatic nitrogens is 1. The van der Waals surface area contributed by atoms with E-state index < -0.39 is 18.0 Å². The maximum Gasteiger partial charge on any atom is 0.334 e. The second kappa shape index (κ2) is 6.67. The van der Waals surface area contributed by atoms with Gasteiger partial charge >= 0.3 is 5.97 Å². The summed E-state index contributed by atoms with van der Waals surface area (Å²) in [6, 6.07) is 10.7. The number of aliphatic carboxylic acids is 1. The monoisotopic (exact) mass is 290 g/mol. The lowest BCUT2D eigenvalue weighted by molar-refractivity contribution is -0.148. The van der Waals surface area contributed by atoms with Gasteiger partial charge in [0, 0.05) is 18.7 Å². The quantitative estimate of drug-likeness (QED) is 0.828. The summed E-state index contributed by atoms with van der Waals surface area (Å²) < 4.78 is 9.67. The molecule has 0 fully saturated rings. The molecule has 21 heavy (non-hydrogen) atoms. The first-order valence-corrected chi connectivity index (χ1v) is 6.17. The predicted octanol–water partition coefficient (Wildman–Crippen LogP) is 1.17. The Bertz CT molecular complexity index is 623. The molecule has 0 aliphatic carbocycles. The predicted molar refractivity (Wildman–Crippen MR) is 72.7 cm³/mol. The number of carboxylic acid groups (broad SMARTS) is 1. The molecular formula is C14H14N2O5. The van der Waals surface area contributed by atoms with Gasteiger partial charge in [-0.15, -0.1) is 0 Å². The molecule has 0 saturated heterocycles. The van der Waals surface area contributed by atoms with E-state index >= 15 is 0 Å². The van der Waals surface area contributed by atoms with Gasteiger partial charge < -0.3 is 19.7 Å². The Morgan fingerprint density at radius 3 is 2.71 bits per heavy atom. The van der Waals surface area contributed by atoms with Crippen molar-refractivity contribution in [3.63, 3.8) is 0 Å². The number of amides is 1. The molecule has 1 unspecified atom stereocenters. The number of carbonyl (C=O) groups excluding carboxylic acids is 1. The molecule has 0 radical (unpaired) electrons. The van der Waals surface area contributed by atoms with E-state index in [1.165, 1.54) is 13.2 Å². The summed E-state index contributed by atoms with van der Waals surface area (Å²) in [5.74, 6) is -1.69. The highest BCUT2D eigenvalue weighted by Gasteiger charge is 2.19. The molecule has 1 atom stereocenters. The van der Waals surface area contributed by atoms with Crippen molar-refractivity contribution < 1.29 is 24.0 Å². The Hall–Kier alpha value is -2.67. The Labute approximate surface area is 120 Å². The second-order valence-electron chi connectivity index (χ2n) is 4.22. The average Bonchev–Trinajstić information content (AvgIpc) is 2.98. The summed E-state index contributed by atoms with van der Waals surface area (Å²) in [5.41, 5.74) is 1.35. The first kappa shape index (κ1) is 14.7. The topological polar surface area (TPSA) is 102 Å². The smallest absolute Gasteiger partial charge is 0.334 e. The lowest BCUT2D eigenvalue weighted by Crippen LogP contribution is -2.37. The summed E-state index contributed by atoms with van der Waals surface area (Å²) in [6.45, 7) is -0.161. The van der Waals surface area contributed by atoms with Crippen LogP contribution in [0.4, 0.5) is 0 Å². The van der Waals surface area contributed by atoms with Gasteiger partial charge in [-0.3, -0.25) is 4.79 Å². The van der Waals surface area contributed by atoms with Crippen LogP contribution in [0.5, 0.6) is 0 Å². The van der Waals surface area contributed by atoms with Crippen molar-refractivity contribution in [3.05, 3.63) is 42.2 Å². The van der Waals surface area contributed by atoms with E-state index in [0.717, 1.165) is 5.56 Å². The zero-order valence-corrected chi connectivity index (χ0v) is 11.3. The van der Waals surface area contributed by atoms with Crippen LogP contribution >= 0.6 is 0 Å². The standard InChI is InChI=1S/C14H14N2O5/c1-20-12(14(18)19)8-15-13(17)11-7-10(16-21-11)9-5-3-2-4-6-9/h2-7,12H,8H2,1H3,(H,15,17)(H,18,19). The van der Waals surface area contributed by atoms with E-state index in [1.807, 2.05) is 30.3 Å². The first-order chi connectivity index (χ1) is 10.1. The molecule has 0 aliphatic heterocycles. The van der Waals surface area contributed by atoms with E-state index in [4.69, 9.17) is 14.4 Å². The Morgan fingerprint density at radius 1 is 1.38 bits per heavy atom. The third-order valence-electron chi connectivity index (χ3n) is 2.81. The highest BCUT2D eigenvalue weighted by atomic mass is 16.5. The molecule has 1 aromatic carbocycles. The number of carboxylic acids is 1. The lowest BCUT2D eigenvalue weighted by Gasteiger charge is -2.10. The minimum absolute atomic E-state index is 0.00842. The fourth-order valence-corrected chi connectivity index (χ4v) is 1.67. The van der Waals surface area contributed by atoms with Crippen LogP contribution in [0, 0.1) is 0 Å². The maximum atomic E-state index is 11.8. The zero-order chi connectivity index (χ0) is 15.2. The van der Waals surface area contributed by atoms with E-state index in [2.05, 4.69) is 10.5 Å². The average molecular weight is 290 g/mol. The van der Waals surface area contributed by atoms with Gasteiger partial charge in [-0.1, -0.05) is 35.5 Å². The van der Waals surface area contributed by atoms with E-state index in [9.17, 15) is 9.59 Å². The third kappa shape index (κ3) is 3.67. The van der Waals surface area contributed by atoms with E-state index in [0.29, 0.717) is 5.69 Å². The van der Waals surface area contributed by atoms with Crippen molar-refractivity contribution in [3.8, 4) is 11.3 Å². The molecule has 7 heteroatoms. The van der Waals surface area contributed by atoms with Gasteiger partial charge in [0.05, 0.1) is 6.54 Å². The first-order valence-electron chi connectivity index (χ1n) is 6.17. The summed E-state index contributed by atoms with van der Waals surface area (Å²) in [7, 11) is 1.26. The van der Waals surface area contributed by atoms with Crippen molar-refractivity contribution in [2.75, 3.05) is 13.7 Å². The van der Waals surface area contributed by atoms with E-state index in [-0.39, 0.29) is 12.3 Å². The Morgan fingerprint density at radius 2 is 2.10 bits per heavy atom. The zero-order valence-electron chi connectivity index (χ0n) is 11.3. The van der Waals surface area contributed by atoms with Gasteiger partial charge in [-0.25, -0.2) is 4.79 Å². The maximum absolute atomic E-state index is 11.8. The number of benzene rings is 1. The van der Waals surface area contributed by atoms with Crippen molar-refractivity contribution >= 4 is 11.9 Å². The molecule has 1 aromatic heterocycles. The van der Waals surface area contributed by atoms with Gasteiger partial charge in [-0.05, 0) is 0 Å². The van der Waals surface area contributed by atoms with Crippen molar-refractivity contribution in [1.82, 2.24) is 10.5 Å². The second-order valence-corrected chi connectivity index (χ2v) is 4.22. The van der Waals surface area contributed by atoms with Crippen molar-refractivity contribution in [2.45, 2.75) is 6.10 Å². The normalized spacial score (nSPS) is 11.9. The van der Waals surface area contributed by atoms with Gasteiger partial charge in [-0.2, -0.15) is 0 Å². The molecule has 0 saturated carbocycles. The molecule has 1 heterocycles. The SMILES string of the molecule is COC(CNC(=O)c1cc(-c2ccccc2)no1)C(=O)O. The third-order valence-corrected chi connectivity index (χ3v) is 2.81. The molecule has 2 N–H and O–H groups in total. The van der Waals surface area contributed by atoms with Crippen LogP contribution in [0.1, 0.15) is 10.6 Å². The summed E-state index contributed by atoms with van der Waals surface area (Å²) >= 11 is 0. The molecule has 7 nitrogen and oxygen atoms in total. The summed E-state index contributed by atoms with van der Waals surface area (Å²) in [5, 5.41) is 15.0. The van der Waals surface area contributed by atoms with Crippen LogP contribution in [0.3, 0.4) is 0 Å². The molecule has 2 rings (SSSR count). The number of hydrogen-bond acceptors (Lipinski definition) is 5. The highest BCUT2D eigenvalue weighted by molar-refractivity contribution is 5.92. The molecular weight excluding hydrogens is 276 g/mol.